The molecular formula is C19H27NO4. The lowest BCUT2D eigenvalue weighted by Gasteiger charge is -2.31. The number of esters is 2. The van der Waals surface area contributed by atoms with Crippen LogP contribution in [0, 0.1) is 5.92 Å². The molecule has 1 aromatic rings. The lowest BCUT2D eigenvalue weighted by molar-refractivity contribution is -0.161. The van der Waals surface area contributed by atoms with Crippen LogP contribution in [0.5, 0.6) is 0 Å². The van der Waals surface area contributed by atoms with Crippen molar-refractivity contribution in [2.45, 2.75) is 51.7 Å². The molecule has 2 atom stereocenters. The van der Waals surface area contributed by atoms with Gasteiger partial charge in [-0.3, -0.25) is 4.79 Å². The van der Waals surface area contributed by atoms with Gasteiger partial charge in [-0.05, 0) is 49.9 Å². The fraction of sp³-hybridized carbons (Fsp3) is 0.579. The topological polar surface area (TPSA) is 55.8 Å². The first kappa shape index (κ1) is 18.3. The van der Waals surface area contributed by atoms with E-state index in [0.29, 0.717) is 5.56 Å². The summed E-state index contributed by atoms with van der Waals surface area (Å²) in [7, 11) is 3.89. The summed E-state index contributed by atoms with van der Waals surface area (Å²) in [6.45, 7) is 3.61. The molecule has 0 aromatic heterocycles. The number of nitrogens with zero attached hydrogens (tertiary/aromatic N) is 1. The van der Waals surface area contributed by atoms with Crippen LogP contribution < -0.4 is 4.90 Å². The molecule has 0 saturated heterocycles. The van der Waals surface area contributed by atoms with E-state index in [1.165, 1.54) is 0 Å². The highest BCUT2D eigenvalue weighted by molar-refractivity contribution is 5.90. The molecule has 2 unspecified atom stereocenters. The number of hydrogen-bond donors (Lipinski definition) is 0. The Kier molecular flexibility index (Phi) is 6.23. The number of benzene rings is 1. The van der Waals surface area contributed by atoms with E-state index < -0.39 is 0 Å². The lowest BCUT2D eigenvalue weighted by Crippen LogP contribution is -2.38. The maximum atomic E-state index is 12.4. The predicted octanol–water partition coefficient (Wildman–Crippen LogP) is 3.42. The van der Waals surface area contributed by atoms with Crippen LogP contribution in [-0.4, -0.2) is 38.2 Å². The maximum absolute atomic E-state index is 12.4. The molecule has 0 spiro atoms. The summed E-state index contributed by atoms with van der Waals surface area (Å²) in [4.78, 5) is 26.2. The van der Waals surface area contributed by atoms with E-state index in [1.54, 1.807) is 26.0 Å². The SMILES string of the molecule is CC(C)C(=O)OC1CCCCC1OC(=O)c1ccc(N(C)C)cc1. The first-order chi connectivity index (χ1) is 11.4. The molecule has 0 N–H and O–H groups in total. The molecule has 0 radical (unpaired) electrons. The van der Waals surface area contributed by atoms with Gasteiger partial charge in [-0.15, -0.1) is 0 Å². The van der Waals surface area contributed by atoms with Gasteiger partial charge < -0.3 is 14.4 Å². The van der Waals surface area contributed by atoms with Crippen LogP contribution in [0.1, 0.15) is 49.9 Å². The van der Waals surface area contributed by atoms with Crippen molar-refractivity contribution in [1.82, 2.24) is 0 Å². The molecule has 0 heterocycles. The van der Waals surface area contributed by atoms with Crippen molar-refractivity contribution in [2.75, 3.05) is 19.0 Å². The minimum Gasteiger partial charge on any atom is -0.458 e. The highest BCUT2D eigenvalue weighted by atomic mass is 16.6. The van der Waals surface area contributed by atoms with Gasteiger partial charge in [0.1, 0.15) is 12.2 Å². The highest BCUT2D eigenvalue weighted by Gasteiger charge is 2.32. The first-order valence-electron chi connectivity index (χ1n) is 8.57. The second kappa shape index (κ2) is 8.18. The Balaban J connectivity index is 2.00. The number of hydrogen-bond acceptors (Lipinski definition) is 5. The third kappa shape index (κ3) is 4.73. The van der Waals surface area contributed by atoms with Gasteiger partial charge in [0.25, 0.3) is 0 Å². The minimum atomic E-state index is -0.363. The summed E-state index contributed by atoms with van der Waals surface area (Å²) < 4.78 is 11.2. The zero-order valence-corrected chi connectivity index (χ0v) is 15.0. The van der Waals surface area contributed by atoms with Crippen LogP contribution in [0.3, 0.4) is 0 Å². The summed E-state index contributed by atoms with van der Waals surface area (Å²) >= 11 is 0. The molecule has 0 amide bonds. The minimum absolute atomic E-state index is 0.179. The molecule has 0 aliphatic heterocycles. The Hall–Kier alpha value is -2.04. The number of anilines is 1. The molecule has 1 saturated carbocycles. The van der Waals surface area contributed by atoms with Crippen molar-refractivity contribution in [1.29, 1.82) is 0 Å². The van der Waals surface area contributed by atoms with E-state index >= 15 is 0 Å². The summed E-state index contributed by atoms with van der Waals surface area (Å²) in [5.74, 6) is -0.780. The fourth-order valence-electron chi connectivity index (χ4n) is 2.72. The van der Waals surface area contributed by atoms with E-state index in [9.17, 15) is 9.59 Å². The van der Waals surface area contributed by atoms with Crippen molar-refractivity contribution in [3.63, 3.8) is 0 Å². The molecule has 132 valence electrons. The Bertz CT molecular complexity index is 565. The molecule has 5 nitrogen and oxygen atoms in total. The van der Waals surface area contributed by atoms with E-state index in [0.717, 1.165) is 31.4 Å². The predicted molar refractivity (Wildman–Crippen MR) is 93.2 cm³/mol. The van der Waals surface area contributed by atoms with Gasteiger partial charge >= 0.3 is 11.9 Å². The van der Waals surface area contributed by atoms with Crippen LogP contribution >= 0.6 is 0 Å². The lowest BCUT2D eigenvalue weighted by atomic mass is 9.94. The smallest absolute Gasteiger partial charge is 0.338 e. The first-order valence-corrected chi connectivity index (χ1v) is 8.57. The summed E-state index contributed by atoms with van der Waals surface area (Å²) in [5.41, 5.74) is 1.54. The normalized spacial score (nSPS) is 20.5. The molecule has 0 bridgehead atoms. The van der Waals surface area contributed by atoms with Crippen LogP contribution in [0.2, 0.25) is 0 Å². The van der Waals surface area contributed by atoms with Crippen molar-refractivity contribution in [2.24, 2.45) is 5.92 Å². The standard InChI is InChI=1S/C19H27NO4/c1-13(2)18(21)23-16-7-5-6-8-17(16)24-19(22)14-9-11-15(12-10-14)20(3)4/h9-13,16-17H,5-8H2,1-4H3. The third-order valence-corrected chi connectivity index (χ3v) is 4.26. The summed E-state index contributed by atoms with van der Waals surface area (Å²) in [6, 6.07) is 7.28. The number of rotatable bonds is 5. The number of ether oxygens (including phenoxy) is 2. The van der Waals surface area contributed by atoms with Crippen molar-refractivity contribution < 1.29 is 19.1 Å². The van der Waals surface area contributed by atoms with Gasteiger partial charge in [-0.2, -0.15) is 0 Å². The second-order valence-corrected chi connectivity index (χ2v) is 6.80. The Morgan fingerprint density at radius 1 is 1.00 bits per heavy atom. The number of carbonyl (C=O) groups excluding carboxylic acids is 2. The van der Waals surface area contributed by atoms with Gasteiger partial charge in [-0.1, -0.05) is 13.8 Å². The second-order valence-electron chi connectivity index (χ2n) is 6.80. The van der Waals surface area contributed by atoms with Crippen LogP contribution in [0.4, 0.5) is 5.69 Å². The Morgan fingerprint density at radius 3 is 2.04 bits per heavy atom. The largest absolute Gasteiger partial charge is 0.458 e. The van der Waals surface area contributed by atoms with E-state index in [2.05, 4.69) is 0 Å². The van der Waals surface area contributed by atoms with Gasteiger partial charge in [0.05, 0.1) is 11.5 Å². The number of carbonyl (C=O) groups is 2. The summed E-state index contributed by atoms with van der Waals surface area (Å²) in [5, 5.41) is 0. The van der Waals surface area contributed by atoms with E-state index in [-0.39, 0.29) is 30.1 Å². The summed E-state index contributed by atoms with van der Waals surface area (Å²) in [6.07, 6.45) is 2.75. The molecule has 1 aromatic carbocycles. The Labute approximate surface area is 143 Å². The van der Waals surface area contributed by atoms with Gasteiger partial charge in [0, 0.05) is 19.8 Å². The van der Waals surface area contributed by atoms with E-state index in [4.69, 9.17) is 9.47 Å². The average Bonchev–Trinajstić information content (AvgIpc) is 2.56. The molecular weight excluding hydrogens is 306 g/mol. The molecule has 1 aliphatic rings. The Morgan fingerprint density at radius 2 is 1.54 bits per heavy atom. The van der Waals surface area contributed by atoms with Gasteiger partial charge in [0.15, 0.2) is 0 Å². The fourth-order valence-corrected chi connectivity index (χ4v) is 2.72. The van der Waals surface area contributed by atoms with Gasteiger partial charge in [0.2, 0.25) is 0 Å². The monoisotopic (exact) mass is 333 g/mol. The van der Waals surface area contributed by atoms with Crippen LogP contribution in [-0.2, 0) is 14.3 Å². The van der Waals surface area contributed by atoms with Gasteiger partial charge in [-0.25, -0.2) is 4.79 Å². The van der Waals surface area contributed by atoms with Crippen LogP contribution in [0.15, 0.2) is 24.3 Å². The highest BCUT2D eigenvalue weighted by Crippen LogP contribution is 2.26. The quantitative estimate of drug-likeness (QED) is 0.773. The van der Waals surface area contributed by atoms with E-state index in [1.807, 2.05) is 31.1 Å². The molecule has 1 aliphatic carbocycles. The molecule has 24 heavy (non-hydrogen) atoms. The molecule has 2 rings (SSSR count). The molecule has 5 heteroatoms. The maximum Gasteiger partial charge on any atom is 0.338 e. The van der Waals surface area contributed by atoms with Crippen LogP contribution in [0.25, 0.3) is 0 Å². The van der Waals surface area contributed by atoms with Crippen molar-refractivity contribution >= 4 is 17.6 Å². The zero-order valence-electron chi connectivity index (χ0n) is 15.0. The third-order valence-electron chi connectivity index (χ3n) is 4.26. The average molecular weight is 333 g/mol. The van der Waals surface area contributed by atoms with Crippen molar-refractivity contribution in [3.05, 3.63) is 29.8 Å². The molecule has 1 fully saturated rings. The zero-order chi connectivity index (χ0) is 17.7. The van der Waals surface area contributed by atoms with Crippen molar-refractivity contribution in [3.8, 4) is 0 Å².